The van der Waals surface area contributed by atoms with Gasteiger partial charge >= 0.3 is 0 Å². The fraction of sp³-hybridized carbons (Fsp3) is 0.118. The normalized spacial score (nSPS) is 10.1. The topological polar surface area (TPSA) is 71.9 Å². The van der Waals surface area contributed by atoms with Crippen LogP contribution >= 0.6 is 0 Å². The lowest BCUT2D eigenvalue weighted by atomic mass is 10.1. The number of ether oxygens (including phenoxy) is 1. The lowest BCUT2D eigenvalue weighted by molar-refractivity contribution is 0.242. The average molecular weight is 291 g/mol. The van der Waals surface area contributed by atoms with E-state index in [1.165, 1.54) is 0 Å². The van der Waals surface area contributed by atoms with Gasteiger partial charge in [0.05, 0.1) is 11.6 Å². The van der Waals surface area contributed by atoms with Crippen molar-refractivity contribution in [1.29, 1.82) is 5.26 Å². The van der Waals surface area contributed by atoms with Gasteiger partial charge in [0, 0.05) is 6.42 Å². The summed E-state index contributed by atoms with van der Waals surface area (Å²) >= 11 is 0. The molecule has 0 unspecified atom stereocenters. The van der Waals surface area contributed by atoms with Gasteiger partial charge in [0.15, 0.2) is 12.4 Å². The number of aromatic nitrogens is 2. The Morgan fingerprint density at radius 1 is 1.05 bits per heavy atom. The summed E-state index contributed by atoms with van der Waals surface area (Å²) in [5, 5.41) is 12.7. The summed E-state index contributed by atoms with van der Waals surface area (Å²) in [6, 6.07) is 18.9. The van der Waals surface area contributed by atoms with Crippen LogP contribution in [0.15, 0.2) is 59.1 Å². The molecule has 5 heteroatoms. The van der Waals surface area contributed by atoms with Gasteiger partial charge in [0.25, 0.3) is 5.89 Å². The van der Waals surface area contributed by atoms with Crippen LogP contribution in [0.5, 0.6) is 5.75 Å². The molecule has 3 aromatic rings. The van der Waals surface area contributed by atoms with Crippen molar-refractivity contribution in [3.63, 3.8) is 0 Å². The molecule has 3 rings (SSSR count). The number of hydrogen-bond acceptors (Lipinski definition) is 5. The minimum Gasteiger partial charge on any atom is -0.484 e. The minimum atomic E-state index is 0.202. The fourth-order valence-electron chi connectivity index (χ4n) is 1.97. The van der Waals surface area contributed by atoms with E-state index in [1.807, 2.05) is 30.3 Å². The van der Waals surface area contributed by atoms with Crippen LogP contribution in [0.1, 0.15) is 22.8 Å². The largest absolute Gasteiger partial charge is 0.484 e. The van der Waals surface area contributed by atoms with E-state index in [-0.39, 0.29) is 6.61 Å². The van der Waals surface area contributed by atoms with Crippen LogP contribution in [0.25, 0.3) is 0 Å². The molecule has 0 radical (unpaired) electrons. The van der Waals surface area contributed by atoms with Gasteiger partial charge in [0.2, 0.25) is 0 Å². The Labute approximate surface area is 127 Å². The van der Waals surface area contributed by atoms with E-state index in [1.54, 1.807) is 24.3 Å². The predicted molar refractivity (Wildman–Crippen MR) is 79.0 cm³/mol. The second-order valence-corrected chi connectivity index (χ2v) is 4.69. The highest BCUT2D eigenvalue weighted by molar-refractivity contribution is 5.34. The first-order chi connectivity index (χ1) is 10.8. The summed E-state index contributed by atoms with van der Waals surface area (Å²) in [5.74, 6) is 1.71. The molecular weight excluding hydrogens is 278 g/mol. The van der Waals surface area contributed by atoms with Crippen LogP contribution < -0.4 is 4.74 Å². The van der Waals surface area contributed by atoms with Crippen LogP contribution in [0.2, 0.25) is 0 Å². The summed E-state index contributed by atoms with van der Waals surface area (Å²) in [7, 11) is 0. The van der Waals surface area contributed by atoms with Crippen molar-refractivity contribution in [2.45, 2.75) is 13.0 Å². The first-order valence-electron chi connectivity index (χ1n) is 6.82. The van der Waals surface area contributed by atoms with E-state index >= 15 is 0 Å². The SMILES string of the molecule is N#Cc1ccc(OCc2nc(Cc3ccccc3)no2)cc1. The zero-order valence-corrected chi connectivity index (χ0v) is 11.8. The molecule has 5 nitrogen and oxygen atoms in total. The van der Waals surface area contributed by atoms with Crippen molar-refractivity contribution >= 4 is 0 Å². The molecule has 1 heterocycles. The van der Waals surface area contributed by atoms with E-state index in [0.29, 0.717) is 29.4 Å². The second kappa shape index (κ2) is 6.55. The van der Waals surface area contributed by atoms with Crippen molar-refractivity contribution in [3.05, 3.63) is 77.4 Å². The number of nitrogens with zero attached hydrogens (tertiary/aromatic N) is 3. The molecule has 0 saturated carbocycles. The molecule has 22 heavy (non-hydrogen) atoms. The third kappa shape index (κ3) is 3.49. The van der Waals surface area contributed by atoms with Crippen LogP contribution in [-0.2, 0) is 13.0 Å². The second-order valence-electron chi connectivity index (χ2n) is 4.69. The van der Waals surface area contributed by atoms with E-state index in [2.05, 4.69) is 16.2 Å². The first kappa shape index (κ1) is 13.8. The predicted octanol–water partition coefficient (Wildman–Crippen LogP) is 3.11. The van der Waals surface area contributed by atoms with E-state index < -0.39 is 0 Å². The number of hydrogen-bond donors (Lipinski definition) is 0. The Hall–Kier alpha value is -3.13. The third-order valence-electron chi connectivity index (χ3n) is 3.06. The molecular formula is C17H13N3O2. The number of rotatable bonds is 5. The molecule has 0 aliphatic rings. The smallest absolute Gasteiger partial charge is 0.264 e. The van der Waals surface area contributed by atoms with Gasteiger partial charge in [-0.1, -0.05) is 35.5 Å². The zero-order chi connectivity index (χ0) is 15.2. The molecule has 0 amide bonds. The zero-order valence-electron chi connectivity index (χ0n) is 11.8. The van der Waals surface area contributed by atoms with Crippen LogP contribution in [0, 0.1) is 11.3 Å². The van der Waals surface area contributed by atoms with Gasteiger partial charge in [-0.2, -0.15) is 10.2 Å². The molecule has 0 aliphatic heterocycles. The molecule has 0 bridgehead atoms. The summed E-state index contributed by atoms with van der Waals surface area (Å²) in [5.41, 5.74) is 1.72. The molecule has 0 saturated heterocycles. The van der Waals surface area contributed by atoms with E-state index in [4.69, 9.17) is 14.5 Å². The van der Waals surface area contributed by atoms with Crippen molar-refractivity contribution in [3.8, 4) is 11.8 Å². The highest BCUT2D eigenvalue weighted by Crippen LogP contribution is 2.14. The van der Waals surface area contributed by atoms with Crippen molar-refractivity contribution in [1.82, 2.24) is 10.1 Å². The Morgan fingerprint density at radius 3 is 2.55 bits per heavy atom. The third-order valence-corrected chi connectivity index (χ3v) is 3.06. The van der Waals surface area contributed by atoms with Crippen molar-refractivity contribution in [2.24, 2.45) is 0 Å². The van der Waals surface area contributed by atoms with E-state index in [0.717, 1.165) is 5.56 Å². The van der Waals surface area contributed by atoms with Gasteiger partial charge in [-0.3, -0.25) is 0 Å². The standard InChI is InChI=1S/C17H13N3O2/c18-11-14-6-8-15(9-7-14)21-12-17-19-16(20-22-17)10-13-4-2-1-3-5-13/h1-9H,10,12H2. The van der Waals surface area contributed by atoms with Gasteiger partial charge in [-0.05, 0) is 29.8 Å². The van der Waals surface area contributed by atoms with Gasteiger partial charge in [-0.25, -0.2) is 0 Å². The van der Waals surface area contributed by atoms with E-state index in [9.17, 15) is 0 Å². The van der Waals surface area contributed by atoms with Crippen LogP contribution in [0.3, 0.4) is 0 Å². The molecule has 0 spiro atoms. The molecule has 0 fully saturated rings. The maximum atomic E-state index is 8.74. The van der Waals surface area contributed by atoms with Gasteiger partial charge < -0.3 is 9.26 Å². The Bertz CT molecular complexity index is 774. The molecule has 0 aliphatic carbocycles. The Balaban J connectivity index is 1.58. The van der Waals surface area contributed by atoms with Gasteiger partial charge in [0.1, 0.15) is 5.75 Å². The van der Waals surface area contributed by atoms with Gasteiger partial charge in [-0.15, -0.1) is 0 Å². The maximum Gasteiger partial charge on any atom is 0.264 e. The molecule has 2 aromatic carbocycles. The monoisotopic (exact) mass is 291 g/mol. The fourth-order valence-corrected chi connectivity index (χ4v) is 1.97. The Kier molecular flexibility index (Phi) is 4.12. The quantitative estimate of drug-likeness (QED) is 0.722. The summed E-state index contributed by atoms with van der Waals surface area (Å²) < 4.78 is 10.7. The maximum absolute atomic E-state index is 8.74. The molecule has 0 N–H and O–H groups in total. The summed E-state index contributed by atoms with van der Waals surface area (Å²) in [4.78, 5) is 4.30. The minimum absolute atomic E-state index is 0.202. The summed E-state index contributed by atoms with van der Waals surface area (Å²) in [6.07, 6.45) is 0.626. The lowest BCUT2D eigenvalue weighted by Crippen LogP contribution is -1.96. The molecule has 1 aromatic heterocycles. The summed E-state index contributed by atoms with van der Waals surface area (Å²) in [6.45, 7) is 0.202. The first-order valence-corrected chi connectivity index (χ1v) is 6.82. The molecule has 108 valence electrons. The van der Waals surface area contributed by atoms with Crippen LogP contribution in [0.4, 0.5) is 0 Å². The number of nitriles is 1. The molecule has 0 atom stereocenters. The number of benzene rings is 2. The van der Waals surface area contributed by atoms with Crippen molar-refractivity contribution in [2.75, 3.05) is 0 Å². The average Bonchev–Trinajstić information content (AvgIpc) is 3.02. The highest BCUT2D eigenvalue weighted by atomic mass is 16.5. The van der Waals surface area contributed by atoms with Crippen molar-refractivity contribution < 1.29 is 9.26 Å². The van der Waals surface area contributed by atoms with Crippen LogP contribution in [-0.4, -0.2) is 10.1 Å². The Morgan fingerprint density at radius 2 is 1.82 bits per heavy atom. The lowest BCUT2D eigenvalue weighted by Gasteiger charge is -2.02. The highest BCUT2D eigenvalue weighted by Gasteiger charge is 2.07.